The normalized spacial score (nSPS) is 10.5. The molecule has 0 spiro atoms. The smallest absolute Gasteiger partial charge is 0.137 e. The third kappa shape index (κ3) is 2.77. The van der Waals surface area contributed by atoms with E-state index in [4.69, 9.17) is 16.0 Å². The zero-order valence-corrected chi connectivity index (χ0v) is 10.5. The van der Waals surface area contributed by atoms with Crippen LogP contribution in [0.4, 0.5) is 0 Å². The van der Waals surface area contributed by atoms with E-state index in [2.05, 4.69) is 0 Å². The molecule has 0 unspecified atom stereocenters. The van der Waals surface area contributed by atoms with Crippen molar-refractivity contribution in [2.45, 2.75) is 20.3 Å². The molecule has 17 heavy (non-hydrogen) atoms. The van der Waals surface area contributed by atoms with Gasteiger partial charge in [-0.05, 0) is 38.1 Å². The van der Waals surface area contributed by atoms with Crippen molar-refractivity contribution in [1.82, 2.24) is 0 Å². The Bertz CT molecular complexity index is 555. The lowest BCUT2D eigenvalue weighted by Gasteiger charge is -2.02. The largest absolute Gasteiger partial charge is 0.461 e. The van der Waals surface area contributed by atoms with E-state index in [1.165, 1.54) is 0 Å². The van der Waals surface area contributed by atoms with E-state index in [1.54, 1.807) is 6.92 Å². The molecule has 0 aliphatic carbocycles. The van der Waals surface area contributed by atoms with Crippen LogP contribution in [-0.4, -0.2) is 5.78 Å². The van der Waals surface area contributed by atoms with Crippen LogP contribution < -0.4 is 0 Å². The molecule has 0 aliphatic rings. The van der Waals surface area contributed by atoms with Crippen molar-refractivity contribution in [1.29, 1.82) is 0 Å². The second-order valence-electron chi connectivity index (χ2n) is 4.13. The number of furan rings is 1. The summed E-state index contributed by atoms with van der Waals surface area (Å²) in [5.41, 5.74) is 1.98. The zero-order chi connectivity index (χ0) is 12.4. The average Bonchev–Trinajstić information content (AvgIpc) is 2.69. The van der Waals surface area contributed by atoms with Gasteiger partial charge in [-0.1, -0.05) is 23.2 Å². The molecule has 0 bridgehead atoms. The maximum Gasteiger partial charge on any atom is 0.137 e. The van der Waals surface area contributed by atoms with E-state index in [-0.39, 0.29) is 5.78 Å². The standard InChI is InChI=1S/C14H13ClO2/c1-9-3-5-13(15)12(7-9)14-6-4-11(17-14)8-10(2)16/h3-7H,8H2,1-2H3. The van der Waals surface area contributed by atoms with Crippen LogP contribution in [0.3, 0.4) is 0 Å². The quantitative estimate of drug-likeness (QED) is 0.821. The van der Waals surface area contributed by atoms with Crippen molar-refractivity contribution in [3.05, 3.63) is 46.7 Å². The summed E-state index contributed by atoms with van der Waals surface area (Å²) in [5, 5.41) is 0.652. The van der Waals surface area contributed by atoms with Gasteiger partial charge in [-0.25, -0.2) is 0 Å². The van der Waals surface area contributed by atoms with Crippen LogP contribution >= 0.6 is 11.6 Å². The highest BCUT2D eigenvalue weighted by Crippen LogP contribution is 2.30. The molecule has 2 rings (SSSR count). The highest BCUT2D eigenvalue weighted by molar-refractivity contribution is 6.33. The molecule has 1 aromatic heterocycles. The maximum atomic E-state index is 11.0. The predicted molar refractivity (Wildman–Crippen MR) is 68.3 cm³/mol. The first-order valence-electron chi connectivity index (χ1n) is 5.41. The Labute approximate surface area is 105 Å². The van der Waals surface area contributed by atoms with Crippen LogP contribution in [0.2, 0.25) is 5.02 Å². The van der Waals surface area contributed by atoms with Gasteiger partial charge in [0.1, 0.15) is 17.3 Å². The van der Waals surface area contributed by atoms with Gasteiger partial charge in [0.2, 0.25) is 0 Å². The third-order valence-corrected chi connectivity index (χ3v) is 2.80. The van der Waals surface area contributed by atoms with Crippen molar-refractivity contribution < 1.29 is 9.21 Å². The van der Waals surface area contributed by atoms with Gasteiger partial charge in [-0.3, -0.25) is 4.79 Å². The molecule has 0 fully saturated rings. The summed E-state index contributed by atoms with van der Waals surface area (Å²) in [6, 6.07) is 9.43. The fourth-order valence-electron chi connectivity index (χ4n) is 1.69. The highest BCUT2D eigenvalue weighted by atomic mass is 35.5. The van der Waals surface area contributed by atoms with Gasteiger partial charge in [-0.15, -0.1) is 0 Å². The Morgan fingerprint density at radius 3 is 2.76 bits per heavy atom. The number of Topliss-reactive ketones (excluding diaryl/α,β-unsaturated/α-hetero) is 1. The van der Waals surface area contributed by atoms with Crippen LogP contribution in [0.1, 0.15) is 18.2 Å². The fourth-order valence-corrected chi connectivity index (χ4v) is 1.90. The zero-order valence-electron chi connectivity index (χ0n) is 9.79. The molecule has 0 radical (unpaired) electrons. The van der Waals surface area contributed by atoms with Crippen molar-refractivity contribution in [3.8, 4) is 11.3 Å². The molecule has 0 saturated heterocycles. The Hall–Kier alpha value is -1.54. The number of ketones is 1. The van der Waals surface area contributed by atoms with Crippen LogP contribution in [0.15, 0.2) is 34.7 Å². The lowest BCUT2D eigenvalue weighted by atomic mass is 10.1. The molecule has 0 atom stereocenters. The van der Waals surface area contributed by atoms with E-state index < -0.39 is 0 Å². The molecule has 1 aromatic carbocycles. The summed E-state index contributed by atoms with van der Waals surface area (Å²) in [6.45, 7) is 3.54. The van der Waals surface area contributed by atoms with Crippen molar-refractivity contribution >= 4 is 17.4 Å². The minimum Gasteiger partial charge on any atom is -0.461 e. The first kappa shape index (κ1) is 11.9. The van der Waals surface area contributed by atoms with Gasteiger partial charge in [0.15, 0.2) is 0 Å². The Morgan fingerprint density at radius 1 is 1.29 bits per heavy atom. The Kier molecular flexibility index (Phi) is 3.34. The van der Waals surface area contributed by atoms with Gasteiger partial charge in [0.05, 0.1) is 11.4 Å². The second-order valence-corrected chi connectivity index (χ2v) is 4.54. The Morgan fingerprint density at radius 2 is 2.06 bits per heavy atom. The van der Waals surface area contributed by atoms with Crippen molar-refractivity contribution in [2.24, 2.45) is 0 Å². The summed E-state index contributed by atoms with van der Waals surface area (Å²) < 4.78 is 5.61. The molecule has 0 N–H and O–H groups in total. The molecular formula is C14H13ClO2. The van der Waals surface area contributed by atoms with Crippen LogP contribution in [0.25, 0.3) is 11.3 Å². The molecular weight excluding hydrogens is 236 g/mol. The van der Waals surface area contributed by atoms with E-state index in [0.29, 0.717) is 23.0 Å². The van der Waals surface area contributed by atoms with Gasteiger partial charge in [0.25, 0.3) is 0 Å². The highest BCUT2D eigenvalue weighted by Gasteiger charge is 2.09. The molecule has 2 aromatic rings. The summed E-state index contributed by atoms with van der Waals surface area (Å²) in [6.07, 6.45) is 0.323. The maximum absolute atomic E-state index is 11.0. The second kappa shape index (κ2) is 4.76. The molecule has 0 aliphatic heterocycles. The molecule has 1 heterocycles. The minimum absolute atomic E-state index is 0.0845. The number of hydrogen-bond donors (Lipinski definition) is 0. The van der Waals surface area contributed by atoms with Gasteiger partial charge >= 0.3 is 0 Å². The summed E-state index contributed by atoms with van der Waals surface area (Å²) >= 11 is 6.12. The summed E-state index contributed by atoms with van der Waals surface area (Å²) in [5.74, 6) is 1.46. The lowest BCUT2D eigenvalue weighted by molar-refractivity contribution is -0.116. The SMILES string of the molecule is CC(=O)Cc1ccc(-c2cc(C)ccc2Cl)o1. The molecule has 0 saturated carbocycles. The predicted octanol–water partition coefficient (Wildman–Crippen LogP) is 4.04. The number of hydrogen-bond acceptors (Lipinski definition) is 2. The molecule has 2 nitrogen and oxygen atoms in total. The number of halogens is 1. The minimum atomic E-state index is 0.0845. The van der Waals surface area contributed by atoms with E-state index in [9.17, 15) is 4.79 Å². The third-order valence-electron chi connectivity index (χ3n) is 2.47. The number of aryl methyl sites for hydroxylation is 1. The topological polar surface area (TPSA) is 30.2 Å². The monoisotopic (exact) mass is 248 g/mol. The number of benzene rings is 1. The van der Waals surface area contributed by atoms with Crippen LogP contribution in [0, 0.1) is 6.92 Å². The molecule has 88 valence electrons. The summed E-state index contributed by atoms with van der Waals surface area (Å²) in [7, 11) is 0. The first-order valence-corrected chi connectivity index (χ1v) is 5.79. The van der Waals surface area contributed by atoms with Gasteiger partial charge in [-0.2, -0.15) is 0 Å². The molecule has 0 amide bonds. The van der Waals surface area contributed by atoms with E-state index >= 15 is 0 Å². The molecule has 3 heteroatoms. The lowest BCUT2D eigenvalue weighted by Crippen LogP contribution is -1.93. The number of carbonyl (C=O) groups excluding carboxylic acids is 1. The van der Waals surface area contributed by atoms with Gasteiger partial charge < -0.3 is 4.42 Å². The summed E-state index contributed by atoms with van der Waals surface area (Å²) in [4.78, 5) is 11.0. The van der Waals surface area contributed by atoms with Crippen LogP contribution in [-0.2, 0) is 11.2 Å². The fraction of sp³-hybridized carbons (Fsp3) is 0.214. The van der Waals surface area contributed by atoms with E-state index in [0.717, 1.165) is 11.1 Å². The van der Waals surface area contributed by atoms with E-state index in [1.807, 2.05) is 37.3 Å². The van der Waals surface area contributed by atoms with Crippen molar-refractivity contribution in [3.63, 3.8) is 0 Å². The van der Waals surface area contributed by atoms with Gasteiger partial charge in [0, 0.05) is 5.56 Å². The number of rotatable bonds is 3. The average molecular weight is 249 g/mol. The van der Waals surface area contributed by atoms with Crippen molar-refractivity contribution in [2.75, 3.05) is 0 Å². The number of carbonyl (C=O) groups is 1. The van der Waals surface area contributed by atoms with Crippen LogP contribution in [0.5, 0.6) is 0 Å². The first-order chi connectivity index (χ1) is 8.06. The Balaban J connectivity index is 2.36.